The fourth-order valence-corrected chi connectivity index (χ4v) is 2.91. The number of rotatable bonds is 3. The number of hydrogen-bond donors (Lipinski definition) is 0. The molecule has 0 bridgehead atoms. The lowest BCUT2D eigenvalue weighted by Crippen LogP contribution is -2.03. The number of hydrogen-bond acceptors (Lipinski definition) is 3. The molecule has 122 valence electrons. The van der Waals surface area contributed by atoms with Crippen molar-refractivity contribution in [2.75, 3.05) is 0 Å². The Morgan fingerprint density at radius 3 is 2.12 bits per heavy atom. The lowest BCUT2D eigenvalue weighted by Gasteiger charge is -2.08. The number of nitrogens with zero attached hydrogens (tertiary/aromatic N) is 4. The highest BCUT2D eigenvalue weighted by Crippen LogP contribution is 2.23. The van der Waals surface area contributed by atoms with Crippen LogP contribution in [0.15, 0.2) is 77.9 Å². The van der Waals surface area contributed by atoms with Crippen molar-refractivity contribution in [3.63, 3.8) is 0 Å². The zero-order valence-electron chi connectivity index (χ0n) is 14.2. The summed E-state index contributed by atoms with van der Waals surface area (Å²) in [6.07, 6.45) is 1.85. The summed E-state index contributed by atoms with van der Waals surface area (Å²) in [5.41, 5.74) is 5.02. The maximum absolute atomic E-state index is 4.90. The van der Waals surface area contributed by atoms with Gasteiger partial charge in [-0.2, -0.15) is 5.10 Å². The zero-order valence-corrected chi connectivity index (χ0v) is 14.2. The molecule has 0 N–H and O–H groups in total. The summed E-state index contributed by atoms with van der Waals surface area (Å²) < 4.78 is 1.78. The Balaban J connectivity index is 1.92. The predicted molar refractivity (Wildman–Crippen MR) is 101 cm³/mol. The van der Waals surface area contributed by atoms with E-state index in [0.717, 1.165) is 33.4 Å². The van der Waals surface area contributed by atoms with Crippen molar-refractivity contribution in [1.29, 1.82) is 0 Å². The first kappa shape index (κ1) is 15.3. The molecule has 4 rings (SSSR count). The summed E-state index contributed by atoms with van der Waals surface area (Å²) in [5, 5.41) is 5.36. The minimum absolute atomic E-state index is 0.691. The largest absolute Gasteiger partial charge is 0.250 e. The van der Waals surface area contributed by atoms with Gasteiger partial charge in [-0.05, 0) is 18.6 Å². The molecule has 0 aliphatic carbocycles. The minimum atomic E-state index is 0.691. The number of benzene rings is 2. The van der Waals surface area contributed by atoms with Gasteiger partial charge in [-0.3, -0.25) is 4.68 Å². The molecule has 0 saturated heterocycles. The molecule has 2 aromatic heterocycles. The SMILES string of the molecule is Cc1cc(N=C(c2ccccc2)c2ccccc2)nc2c1cnn2C. The highest BCUT2D eigenvalue weighted by atomic mass is 15.3. The van der Waals surface area contributed by atoms with Crippen molar-refractivity contribution in [1.82, 2.24) is 14.8 Å². The molecule has 0 aliphatic heterocycles. The van der Waals surface area contributed by atoms with Crippen LogP contribution < -0.4 is 0 Å². The first-order valence-electron chi connectivity index (χ1n) is 8.21. The molecule has 2 aromatic carbocycles. The molecule has 0 atom stereocenters. The van der Waals surface area contributed by atoms with Gasteiger partial charge in [0.15, 0.2) is 11.5 Å². The van der Waals surface area contributed by atoms with Crippen LogP contribution >= 0.6 is 0 Å². The van der Waals surface area contributed by atoms with Crippen molar-refractivity contribution in [2.45, 2.75) is 6.92 Å². The maximum atomic E-state index is 4.90. The van der Waals surface area contributed by atoms with Gasteiger partial charge >= 0.3 is 0 Å². The smallest absolute Gasteiger partial charge is 0.160 e. The molecule has 0 spiro atoms. The van der Waals surface area contributed by atoms with Gasteiger partial charge < -0.3 is 0 Å². The first-order chi connectivity index (χ1) is 12.2. The Morgan fingerprint density at radius 1 is 0.920 bits per heavy atom. The molecule has 0 amide bonds. The van der Waals surface area contributed by atoms with Gasteiger partial charge in [0, 0.05) is 23.6 Å². The molecular formula is C21H18N4. The highest BCUT2D eigenvalue weighted by Gasteiger charge is 2.10. The van der Waals surface area contributed by atoms with E-state index in [9.17, 15) is 0 Å². The number of fused-ring (bicyclic) bond motifs is 1. The van der Waals surface area contributed by atoms with Crippen LogP contribution in [0.4, 0.5) is 5.82 Å². The van der Waals surface area contributed by atoms with Crippen LogP contribution in [-0.4, -0.2) is 20.5 Å². The van der Waals surface area contributed by atoms with Crippen LogP contribution in [0.1, 0.15) is 16.7 Å². The lowest BCUT2D eigenvalue weighted by molar-refractivity contribution is 0.786. The van der Waals surface area contributed by atoms with Gasteiger partial charge in [0.1, 0.15) is 0 Å². The summed E-state index contributed by atoms with van der Waals surface area (Å²) in [4.78, 5) is 9.59. The normalized spacial score (nSPS) is 10.8. The average Bonchev–Trinajstić information content (AvgIpc) is 3.03. The van der Waals surface area contributed by atoms with E-state index < -0.39 is 0 Å². The average molecular weight is 326 g/mol. The van der Waals surface area contributed by atoms with Crippen LogP contribution in [0.3, 0.4) is 0 Å². The topological polar surface area (TPSA) is 43.1 Å². The third-order valence-electron chi connectivity index (χ3n) is 4.22. The summed E-state index contributed by atoms with van der Waals surface area (Å²) in [5.74, 6) is 0.691. The second-order valence-electron chi connectivity index (χ2n) is 6.00. The van der Waals surface area contributed by atoms with E-state index >= 15 is 0 Å². The van der Waals surface area contributed by atoms with Gasteiger partial charge in [0.05, 0.1) is 11.9 Å². The van der Waals surface area contributed by atoms with E-state index in [0.29, 0.717) is 5.82 Å². The second-order valence-corrected chi connectivity index (χ2v) is 6.00. The Hall–Kier alpha value is -3.27. The lowest BCUT2D eigenvalue weighted by atomic mass is 10.0. The Bertz CT molecular complexity index is 1010. The summed E-state index contributed by atoms with van der Waals surface area (Å²) in [6.45, 7) is 2.06. The van der Waals surface area contributed by atoms with E-state index in [2.05, 4.69) is 36.3 Å². The van der Waals surface area contributed by atoms with Gasteiger partial charge in [0.2, 0.25) is 0 Å². The molecule has 0 unspecified atom stereocenters. The Kier molecular flexibility index (Phi) is 3.86. The van der Waals surface area contributed by atoms with Crippen molar-refractivity contribution >= 4 is 22.6 Å². The first-order valence-corrected chi connectivity index (χ1v) is 8.21. The summed E-state index contributed by atoms with van der Waals surface area (Å²) >= 11 is 0. The van der Waals surface area contributed by atoms with Crippen LogP contribution in [0, 0.1) is 6.92 Å². The fourth-order valence-electron chi connectivity index (χ4n) is 2.91. The molecule has 4 heteroatoms. The highest BCUT2D eigenvalue weighted by molar-refractivity contribution is 6.13. The van der Waals surface area contributed by atoms with Crippen LogP contribution in [0.25, 0.3) is 11.0 Å². The van der Waals surface area contributed by atoms with E-state index in [-0.39, 0.29) is 0 Å². The van der Waals surface area contributed by atoms with E-state index in [1.807, 2.05) is 55.7 Å². The van der Waals surface area contributed by atoms with Crippen LogP contribution in [0.5, 0.6) is 0 Å². The second kappa shape index (κ2) is 6.32. The third kappa shape index (κ3) is 2.94. The van der Waals surface area contributed by atoms with Crippen molar-refractivity contribution in [3.8, 4) is 0 Å². The monoisotopic (exact) mass is 326 g/mol. The third-order valence-corrected chi connectivity index (χ3v) is 4.22. The van der Waals surface area contributed by atoms with Gasteiger partial charge in [0.25, 0.3) is 0 Å². The standard InChI is InChI=1S/C21H18N4/c1-15-13-19(24-21-18(15)14-22-25(21)2)23-20(16-9-5-3-6-10-16)17-11-7-4-8-12-17/h3-14H,1-2H3. The summed E-state index contributed by atoms with van der Waals surface area (Å²) in [6, 6.07) is 22.4. The molecule has 4 nitrogen and oxygen atoms in total. The molecule has 0 radical (unpaired) electrons. The fraction of sp³-hybridized carbons (Fsp3) is 0.0952. The molecule has 2 heterocycles. The number of aromatic nitrogens is 3. The minimum Gasteiger partial charge on any atom is -0.250 e. The Morgan fingerprint density at radius 2 is 1.52 bits per heavy atom. The zero-order chi connectivity index (χ0) is 17.2. The van der Waals surface area contributed by atoms with Gasteiger partial charge in [-0.25, -0.2) is 9.98 Å². The van der Waals surface area contributed by atoms with Crippen LogP contribution in [0.2, 0.25) is 0 Å². The van der Waals surface area contributed by atoms with Crippen molar-refractivity contribution in [2.24, 2.45) is 12.0 Å². The molecule has 4 aromatic rings. The van der Waals surface area contributed by atoms with Crippen molar-refractivity contribution in [3.05, 3.63) is 89.6 Å². The molecule has 0 fully saturated rings. The Labute approximate surface area is 146 Å². The number of aliphatic imine (C=N–C) groups is 1. The maximum Gasteiger partial charge on any atom is 0.160 e. The van der Waals surface area contributed by atoms with Gasteiger partial charge in [-0.15, -0.1) is 0 Å². The van der Waals surface area contributed by atoms with E-state index in [1.54, 1.807) is 4.68 Å². The predicted octanol–water partition coefficient (Wildman–Crippen LogP) is 4.45. The van der Waals surface area contributed by atoms with E-state index in [1.165, 1.54) is 0 Å². The molecule has 25 heavy (non-hydrogen) atoms. The number of pyridine rings is 1. The molecule has 0 saturated carbocycles. The summed E-state index contributed by atoms with van der Waals surface area (Å²) in [7, 11) is 1.90. The molecule has 0 aliphatic rings. The van der Waals surface area contributed by atoms with E-state index in [4.69, 9.17) is 9.98 Å². The molecular weight excluding hydrogens is 308 g/mol. The van der Waals surface area contributed by atoms with Crippen LogP contribution in [-0.2, 0) is 7.05 Å². The quantitative estimate of drug-likeness (QED) is 0.522. The van der Waals surface area contributed by atoms with Crippen molar-refractivity contribution < 1.29 is 0 Å². The van der Waals surface area contributed by atoms with Gasteiger partial charge in [-0.1, -0.05) is 60.7 Å². The number of aryl methyl sites for hydroxylation is 2.